The fraction of sp³-hybridized carbons (Fsp3) is 0.737. The summed E-state index contributed by atoms with van der Waals surface area (Å²) in [5.74, 6) is 2.60. The fourth-order valence-corrected chi connectivity index (χ4v) is 2.96. The highest BCUT2D eigenvalue weighted by atomic mass is 127. The van der Waals surface area contributed by atoms with E-state index < -0.39 is 0 Å². The number of aliphatic imine (C=N–C) groups is 1. The molecule has 1 saturated heterocycles. The third-order valence-corrected chi connectivity index (χ3v) is 4.29. The molecule has 1 aliphatic rings. The van der Waals surface area contributed by atoms with Crippen LogP contribution in [0.1, 0.15) is 32.4 Å². The summed E-state index contributed by atoms with van der Waals surface area (Å²) in [6.45, 7) is 10.9. The molecule has 0 aromatic carbocycles. The van der Waals surface area contributed by atoms with Crippen LogP contribution >= 0.6 is 24.0 Å². The molecule has 0 amide bonds. The van der Waals surface area contributed by atoms with Crippen LogP contribution in [0.5, 0.6) is 0 Å². The molecule has 2 rings (SSSR count). The van der Waals surface area contributed by atoms with Gasteiger partial charge in [0.15, 0.2) is 5.96 Å². The van der Waals surface area contributed by atoms with Crippen LogP contribution in [0.25, 0.3) is 0 Å². The Morgan fingerprint density at radius 2 is 2.19 bits per heavy atom. The standard InChI is InChI=1S/C19H33N3O3.HI/c1-3-23-13-6-10-20-19(21-11-8-18-7-5-14-25-18)22-12-9-17(15-22)16-24-4-2;/h5,7,14,17H,3-4,6,8-13,15-16H2,1-2H3,(H,20,21);1H. The van der Waals surface area contributed by atoms with Crippen molar-refractivity contribution in [3.63, 3.8) is 0 Å². The zero-order valence-electron chi connectivity index (χ0n) is 16.1. The number of ether oxygens (including phenoxy) is 2. The van der Waals surface area contributed by atoms with Gasteiger partial charge in [-0.3, -0.25) is 4.99 Å². The van der Waals surface area contributed by atoms with Crippen LogP contribution in [0.3, 0.4) is 0 Å². The maximum atomic E-state index is 5.59. The number of hydrogen-bond acceptors (Lipinski definition) is 4. The van der Waals surface area contributed by atoms with Crippen molar-refractivity contribution >= 4 is 29.9 Å². The first kappa shape index (κ1) is 23.2. The lowest BCUT2D eigenvalue weighted by Crippen LogP contribution is -2.41. The van der Waals surface area contributed by atoms with E-state index in [0.717, 1.165) is 83.6 Å². The summed E-state index contributed by atoms with van der Waals surface area (Å²) in [6, 6.07) is 3.94. The van der Waals surface area contributed by atoms with Crippen molar-refractivity contribution < 1.29 is 13.9 Å². The maximum absolute atomic E-state index is 5.59. The molecule has 1 N–H and O–H groups in total. The van der Waals surface area contributed by atoms with Crippen LogP contribution < -0.4 is 5.32 Å². The summed E-state index contributed by atoms with van der Waals surface area (Å²) in [5, 5.41) is 3.50. The van der Waals surface area contributed by atoms with E-state index >= 15 is 0 Å². The highest BCUT2D eigenvalue weighted by Gasteiger charge is 2.24. The maximum Gasteiger partial charge on any atom is 0.193 e. The predicted octanol–water partition coefficient (Wildman–Crippen LogP) is 3.17. The second kappa shape index (κ2) is 14.3. The second-order valence-electron chi connectivity index (χ2n) is 6.27. The Morgan fingerprint density at radius 3 is 2.92 bits per heavy atom. The third-order valence-electron chi connectivity index (χ3n) is 4.29. The number of furan rings is 1. The van der Waals surface area contributed by atoms with Crippen LogP contribution in [-0.4, -0.2) is 63.5 Å². The number of halogens is 1. The molecule has 0 aliphatic carbocycles. The van der Waals surface area contributed by atoms with Crippen molar-refractivity contribution in [2.75, 3.05) is 52.6 Å². The van der Waals surface area contributed by atoms with Crippen LogP contribution in [-0.2, 0) is 15.9 Å². The van der Waals surface area contributed by atoms with Gasteiger partial charge in [-0.05, 0) is 38.8 Å². The van der Waals surface area contributed by atoms with Crippen LogP contribution in [0.4, 0.5) is 0 Å². The van der Waals surface area contributed by atoms with E-state index in [1.54, 1.807) is 6.26 Å². The molecule has 1 aliphatic heterocycles. The molecule has 0 bridgehead atoms. The molecule has 6 nitrogen and oxygen atoms in total. The molecule has 1 unspecified atom stereocenters. The van der Waals surface area contributed by atoms with E-state index in [1.165, 1.54) is 0 Å². The van der Waals surface area contributed by atoms with Gasteiger partial charge < -0.3 is 24.1 Å². The number of nitrogens with one attached hydrogen (secondary N) is 1. The Kier molecular flexibility index (Phi) is 12.8. The summed E-state index contributed by atoms with van der Waals surface area (Å²) in [6.07, 6.45) is 4.70. The molecule has 0 saturated carbocycles. The van der Waals surface area contributed by atoms with Gasteiger partial charge in [0.1, 0.15) is 5.76 Å². The first-order chi connectivity index (χ1) is 12.3. The summed E-state index contributed by atoms with van der Waals surface area (Å²) in [4.78, 5) is 7.14. The van der Waals surface area contributed by atoms with Crippen LogP contribution in [0.15, 0.2) is 27.8 Å². The summed E-state index contributed by atoms with van der Waals surface area (Å²) >= 11 is 0. The number of rotatable bonds is 11. The molecule has 1 aromatic heterocycles. The van der Waals surface area contributed by atoms with E-state index in [9.17, 15) is 0 Å². The van der Waals surface area contributed by atoms with Gasteiger partial charge in [0.05, 0.1) is 12.9 Å². The number of guanidine groups is 1. The smallest absolute Gasteiger partial charge is 0.193 e. The minimum Gasteiger partial charge on any atom is -0.469 e. The first-order valence-electron chi connectivity index (χ1n) is 9.54. The van der Waals surface area contributed by atoms with Gasteiger partial charge in [0.25, 0.3) is 0 Å². The van der Waals surface area contributed by atoms with Crippen molar-refractivity contribution in [1.29, 1.82) is 0 Å². The quantitative estimate of drug-likeness (QED) is 0.229. The van der Waals surface area contributed by atoms with Crippen molar-refractivity contribution in [3.8, 4) is 0 Å². The van der Waals surface area contributed by atoms with Crippen molar-refractivity contribution in [2.45, 2.75) is 33.1 Å². The molecular formula is C19H34IN3O3. The number of nitrogens with zero attached hydrogens (tertiary/aromatic N) is 2. The zero-order chi connectivity index (χ0) is 17.7. The summed E-state index contributed by atoms with van der Waals surface area (Å²) in [7, 11) is 0. The summed E-state index contributed by atoms with van der Waals surface area (Å²) < 4.78 is 16.4. The second-order valence-corrected chi connectivity index (χ2v) is 6.27. The molecule has 150 valence electrons. The lowest BCUT2D eigenvalue weighted by atomic mass is 10.1. The van der Waals surface area contributed by atoms with Crippen LogP contribution in [0.2, 0.25) is 0 Å². The SMILES string of the molecule is CCOCCCN=C(NCCc1ccco1)N1CCC(COCC)C1.I. The predicted molar refractivity (Wildman–Crippen MR) is 115 cm³/mol. The summed E-state index contributed by atoms with van der Waals surface area (Å²) in [5.41, 5.74) is 0. The van der Waals surface area contributed by atoms with E-state index in [-0.39, 0.29) is 24.0 Å². The third kappa shape index (κ3) is 8.73. The van der Waals surface area contributed by atoms with Gasteiger partial charge in [-0.25, -0.2) is 0 Å². The average molecular weight is 479 g/mol. The van der Waals surface area contributed by atoms with E-state index in [4.69, 9.17) is 18.9 Å². The minimum absolute atomic E-state index is 0. The lowest BCUT2D eigenvalue weighted by Gasteiger charge is -2.22. The zero-order valence-corrected chi connectivity index (χ0v) is 18.4. The molecule has 1 fully saturated rings. The Balaban J connectivity index is 0.00000338. The van der Waals surface area contributed by atoms with E-state index in [0.29, 0.717) is 5.92 Å². The highest BCUT2D eigenvalue weighted by Crippen LogP contribution is 2.16. The van der Waals surface area contributed by atoms with Crippen molar-refractivity contribution in [2.24, 2.45) is 10.9 Å². The van der Waals surface area contributed by atoms with Crippen LogP contribution in [0, 0.1) is 5.92 Å². The molecule has 7 heteroatoms. The van der Waals surface area contributed by atoms with Gasteiger partial charge in [-0.15, -0.1) is 24.0 Å². The highest BCUT2D eigenvalue weighted by molar-refractivity contribution is 14.0. The molecule has 1 atom stereocenters. The lowest BCUT2D eigenvalue weighted by molar-refractivity contribution is 0.114. The van der Waals surface area contributed by atoms with E-state index in [1.807, 2.05) is 26.0 Å². The fourth-order valence-electron chi connectivity index (χ4n) is 2.96. The Morgan fingerprint density at radius 1 is 1.35 bits per heavy atom. The van der Waals surface area contributed by atoms with E-state index in [2.05, 4.69) is 10.2 Å². The normalized spacial score (nSPS) is 17.4. The topological polar surface area (TPSA) is 59.2 Å². The molecule has 0 radical (unpaired) electrons. The van der Waals surface area contributed by atoms with Gasteiger partial charge in [0, 0.05) is 58.3 Å². The Hall–Kier alpha value is -0.800. The van der Waals surface area contributed by atoms with Gasteiger partial charge in [-0.2, -0.15) is 0 Å². The number of likely N-dealkylation sites (tertiary alicyclic amines) is 1. The average Bonchev–Trinajstić information content (AvgIpc) is 3.30. The van der Waals surface area contributed by atoms with Crippen molar-refractivity contribution in [1.82, 2.24) is 10.2 Å². The monoisotopic (exact) mass is 479 g/mol. The minimum atomic E-state index is 0. The number of hydrogen-bond donors (Lipinski definition) is 1. The first-order valence-corrected chi connectivity index (χ1v) is 9.54. The largest absolute Gasteiger partial charge is 0.469 e. The van der Waals surface area contributed by atoms with Gasteiger partial charge >= 0.3 is 0 Å². The Labute approximate surface area is 174 Å². The molecule has 0 spiro atoms. The molecule has 1 aromatic rings. The molecule has 26 heavy (non-hydrogen) atoms. The van der Waals surface area contributed by atoms with Gasteiger partial charge in [0.2, 0.25) is 0 Å². The van der Waals surface area contributed by atoms with Crippen molar-refractivity contribution in [3.05, 3.63) is 24.2 Å². The molecule has 2 heterocycles. The van der Waals surface area contributed by atoms with Gasteiger partial charge in [-0.1, -0.05) is 0 Å². The molecular weight excluding hydrogens is 445 g/mol. The Bertz CT molecular complexity index is 482.